The van der Waals surface area contributed by atoms with Gasteiger partial charge in [0, 0.05) is 31.2 Å². The molecule has 1 N–H and O–H groups in total. The summed E-state index contributed by atoms with van der Waals surface area (Å²) in [4.78, 5) is 9.96. The predicted octanol–water partition coefficient (Wildman–Crippen LogP) is 4.41. The van der Waals surface area contributed by atoms with Gasteiger partial charge < -0.3 is 10.1 Å². The lowest BCUT2D eigenvalue weighted by Crippen LogP contribution is -2.31. The van der Waals surface area contributed by atoms with E-state index in [0.717, 1.165) is 47.0 Å². The van der Waals surface area contributed by atoms with Crippen molar-refractivity contribution in [3.63, 3.8) is 0 Å². The van der Waals surface area contributed by atoms with E-state index in [0.29, 0.717) is 0 Å². The molecule has 4 rings (SSSR count). The zero-order chi connectivity index (χ0) is 18.1. The van der Waals surface area contributed by atoms with Crippen molar-refractivity contribution < 1.29 is 4.74 Å². The highest BCUT2D eigenvalue weighted by Gasteiger charge is 2.23. The molecule has 0 amide bonds. The summed E-state index contributed by atoms with van der Waals surface area (Å²) in [7, 11) is 1.74. The highest BCUT2D eigenvalue weighted by atomic mass is 16.5. The molecular weight excluding hydrogens is 322 g/mol. The van der Waals surface area contributed by atoms with E-state index >= 15 is 0 Å². The number of nitrogens with one attached hydrogen (secondary N) is 1. The van der Waals surface area contributed by atoms with Crippen molar-refractivity contribution in [2.45, 2.75) is 26.4 Å². The van der Waals surface area contributed by atoms with E-state index < -0.39 is 0 Å². The van der Waals surface area contributed by atoms with Crippen LogP contribution in [0.2, 0.25) is 0 Å². The van der Waals surface area contributed by atoms with E-state index in [-0.39, 0.29) is 6.10 Å². The van der Waals surface area contributed by atoms with Gasteiger partial charge in [0.25, 0.3) is 0 Å². The molecule has 26 heavy (non-hydrogen) atoms. The number of benzene rings is 2. The molecule has 2 aromatic carbocycles. The molecule has 0 bridgehead atoms. The second-order valence-electron chi connectivity index (χ2n) is 6.89. The lowest BCUT2D eigenvalue weighted by atomic mass is 10.0. The molecule has 132 valence electrons. The average molecular weight is 345 g/mol. The van der Waals surface area contributed by atoms with Crippen LogP contribution in [-0.4, -0.2) is 29.7 Å². The minimum absolute atomic E-state index is 0.132. The van der Waals surface area contributed by atoms with Gasteiger partial charge in [-0.3, -0.25) is 0 Å². The fraction of sp³-hybridized carbons (Fsp3) is 0.273. The van der Waals surface area contributed by atoms with Crippen LogP contribution in [0.15, 0.2) is 48.5 Å². The molecule has 3 aromatic rings. The van der Waals surface area contributed by atoms with Gasteiger partial charge in [0.1, 0.15) is 5.82 Å². The molecule has 0 saturated carbocycles. The molecule has 0 spiro atoms. The van der Waals surface area contributed by atoms with Gasteiger partial charge in [-0.1, -0.05) is 59.7 Å². The number of aryl methyl sites for hydroxylation is 2. The molecular formula is C22H23N3O. The quantitative estimate of drug-likeness (QED) is 0.764. The SMILES string of the molecule is COC1CNc2nc(-c3ccc(C)cc3)c(-c3ccc(C)cc3)nc2C1. The van der Waals surface area contributed by atoms with Crippen molar-refractivity contribution in [3.8, 4) is 22.5 Å². The van der Waals surface area contributed by atoms with Crippen LogP contribution in [0.25, 0.3) is 22.5 Å². The first-order valence-corrected chi connectivity index (χ1v) is 8.95. The van der Waals surface area contributed by atoms with Gasteiger partial charge in [-0.15, -0.1) is 0 Å². The molecule has 0 saturated heterocycles. The summed E-state index contributed by atoms with van der Waals surface area (Å²) >= 11 is 0. The fourth-order valence-corrected chi connectivity index (χ4v) is 3.24. The Labute approximate surface area is 154 Å². The van der Waals surface area contributed by atoms with Crippen molar-refractivity contribution in [2.75, 3.05) is 19.0 Å². The van der Waals surface area contributed by atoms with Gasteiger partial charge in [0.15, 0.2) is 0 Å². The fourth-order valence-electron chi connectivity index (χ4n) is 3.24. The van der Waals surface area contributed by atoms with Gasteiger partial charge in [-0.25, -0.2) is 9.97 Å². The number of anilines is 1. The molecule has 1 atom stereocenters. The molecule has 1 aromatic heterocycles. The summed E-state index contributed by atoms with van der Waals surface area (Å²) < 4.78 is 5.51. The van der Waals surface area contributed by atoms with E-state index in [4.69, 9.17) is 14.7 Å². The molecule has 1 aliphatic rings. The Morgan fingerprint density at radius 2 is 1.38 bits per heavy atom. The number of aromatic nitrogens is 2. The Hall–Kier alpha value is -2.72. The minimum atomic E-state index is 0.132. The molecule has 1 aliphatic heterocycles. The second-order valence-corrected chi connectivity index (χ2v) is 6.89. The van der Waals surface area contributed by atoms with E-state index in [2.05, 4.69) is 67.7 Å². The van der Waals surface area contributed by atoms with Crippen LogP contribution in [0.5, 0.6) is 0 Å². The highest BCUT2D eigenvalue weighted by Crippen LogP contribution is 2.33. The van der Waals surface area contributed by atoms with Crippen LogP contribution >= 0.6 is 0 Å². The smallest absolute Gasteiger partial charge is 0.148 e. The van der Waals surface area contributed by atoms with Crippen LogP contribution in [0.1, 0.15) is 16.8 Å². The third-order valence-corrected chi connectivity index (χ3v) is 4.87. The van der Waals surface area contributed by atoms with Gasteiger partial charge in [0.2, 0.25) is 0 Å². The predicted molar refractivity (Wildman–Crippen MR) is 105 cm³/mol. The summed E-state index contributed by atoms with van der Waals surface area (Å²) in [6, 6.07) is 16.9. The third-order valence-electron chi connectivity index (χ3n) is 4.87. The molecule has 2 heterocycles. The van der Waals surface area contributed by atoms with Crippen molar-refractivity contribution in [1.82, 2.24) is 9.97 Å². The van der Waals surface area contributed by atoms with Crippen molar-refractivity contribution >= 4 is 5.82 Å². The molecule has 0 radical (unpaired) electrons. The summed E-state index contributed by atoms with van der Waals surface area (Å²) in [5.74, 6) is 0.865. The van der Waals surface area contributed by atoms with E-state index in [1.54, 1.807) is 7.11 Å². The van der Waals surface area contributed by atoms with Crippen molar-refractivity contribution in [2.24, 2.45) is 0 Å². The van der Waals surface area contributed by atoms with Crippen molar-refractivity contribution in [3.05, 3.63) is 65.4 Å². The maximum atomic E-state index is 5.51. The Morgan fingerprint density at radius 3 is 1.92 bits per heavy atom. The molecule has 0 aliphatic carbocycles. The summed E-state index contributed by atoms with van der Waals surface area (Å²) in [6.07, 6.45) is 0.909. The first-order valence-electron chi connectivity index (χ1n) is 8.95. The Kier molecular flexibility index (Phi) is 4.43. The largest absolute Gasteiger partial charge is 0.379 e. The molecule has 4 nitrogen and oxygen atoms in total. The number of ether oxygens (including phenoxy) is 1. The minimum Gasteiger partial charge on any atom is -0.379 e. The first-order chi connectivity index (χ1) is 12.6. The van der Waals surface area contributed by atoms with Crippen molar-refractivity contribution in [1.29, 1.82) is 0 Å². The van der Waals surface area contributed by atoms with Crippen LogP contribution in [0.4, 0.5) is 5.82 Å². The number of hydrogen-bond acceptors (Lipinski definition) is 4. The van der Waals surface area contributed by atoms with Crippen LogP contribution in [-0.2, 0) is 11.2 Å². The number of hydrogen-bond donors (Lipinski definition) is 1. The number of methoxy groups -OCH3 is 1. The number of rotatable bonds is 3. The Bertz CT molecular complexity index is 917. The standard InChI is InChI=1S/C22H23N3O/c1-14-4-8-16(9-5-14)20-21(17-10-6-15(2)7-11-17)25-22-19(24-20)12-18(26-3)13-23-22/h4-11,18H,12-13H2,1-3H3,(H,23,25). The lowest BCUT2D eigenvalue weighted by molar-refractivity contribution is 0.110. The molecule has 1 unspecified atom stereocenters. The van der Waals surface area contributed by atoms with Crippen LogP contribution < -0.4 is 5.32 Å². The average Bonchev–Trinajstić information content (AvgIpc) is 2.68. The van der Waals surface area contributed by atoms with Gasteiger partial charge in [-0.05, 0) is 13.8 Å². The van der Waals surface area contributed by atoms with E-state index in [1.807, 2.05) is 0 Å². The zero-order valence-electron chi connectivity index (χ0n) is 15.4. The van der Waals surface area contributed by atoms with Gasteiger partial charge in [0.05, 0.1) is 23.2 Å². The monoisotopic (exact) mass is 345 g/mol. The number of nitrogens with zero attached hydrogens (tertiary/aromatic N) is 2. The lowest BCUT2D eigenvalue weighted by Gasteiger charge is -2.25. The van der Waals surface area contributed by atoms with Crippen LogP contribution in [0.3, 0.4) is 0 Å². The first kappa shape index (κ1) is 16.7. The third kappa shape index (κ3) is 3.20. The second kappa shape index (κ2) is 6.89. The topological polar surface area (TPSA) is 47.0 Å². The Morgan fingerprint density at radius 1 is 0.846 bits per heavy atom. The molecule has 4 heteroatoms. The maximum Gasteiger partial charge on any atom is 0.148 e. The zero-order valence-corrected chi connectivity index (χ0v) is 15.4. The van der Waals surface area contributed by atoms with Crippen LogP contribution in [0, 0.1) is 13.8 Å². The summed E-state index contributed by atoms with van der Waals surface area (Å²) in [6.45, 7) is 4.95. The number of fused-ring (bicyclic) bond motifs is 1. The maximum absolute atomic E-state index is 5.51. The normalized spacial score (nSPS) is 16.0. The van der Waals surface area contributed by atoms with Gasteiger partial charge >= 0.3 is 0 Å². The highest BCUT2D eigenvalue weighted by molar-refractivity contribution is 5.79. The molecule has 0 fully saturated rings. The Balaban J connectivity index is 1.88. The van der Waals surface area contributed by atoms with E-state index in [9.17, 15) is 0 Å². The van der Waals surface area contributed by atoms with E-state index in [1.165, 1.54) is 11.1 Å². The van der Waals surface area contributed by atoms with Gasteiger partial charge in [-0.2, -0.15) is 0 Å². The summed E-state index contributed by atoms with van der Waals surface area (Å²) in [5.41, 5.74) is 7.44. The summed E-state index contributed by atoms with van der Waals surface area (Å²) in [5, 5.41) is 3.37.